The molecular formula is C17H27N5O4. The van der Waals surface area contributed by atoms with E-state index in [2.05, 4.69) is 15.3 Å². The predicted molar refractivity (Wildman–Crippen MR) is 94.0 cm³/mol. The standard InChI is InChI=1S/C17H27N5O4/c1-3-10(2)14(16(24)22-6-4-5-13(22)17(25)26)21-15(23)12(18)7-11-8-19-9-20-11/h8-10,12-14H,3-7,18H2,1-2H3,(H,19,20)(H,21,23)(H,25,26). The maximum Gasteiger partial charge on any atom is 0.326 e. The summed E-state index contributed by atoms with van der Waals surface area (Å²) in [6, 6.07) is -2.45. The number of nitrogens with one attached hydrogen (secondary N) is 2. The number of amides is 2. The number of likely N-dealkylation sites (tertiary alicyclic amines) is 1. The van der Waals surface area contributed by atoms with Crippen LogP contribution in [0.25, 0.3) is 0 Å². The molecule has 4 unspecified atom stereocenters. The Kier molecular flexibility index (Phi) is 6.73. The molecule has 9 heteroatoms. The fourth-order valence-corrected chi connectivity index (χ4v) is 3.14. The van der Waals surface area contributed by atoms with Gasteiger partial charge in [-0.15, -0.1) is 0 Å². The summed E-state index contributed by atoms with van der Waals surface area (Å²) in [5.41, 5.74) is 6.68. The summed E-state index contributed by atoms with van der Waals surface area (Å²) >= 11 is 0. The molecule has 2 heterocycles. The number of aromatic nitrogens is 2. The number of H-pyrrole nitrogens is 1. The number of aromatic amines is 1. The van der Waals surface area contributed by atoms with Crippen LogP contribution in [0.5, 0.6) is 0 Å². The van der Waals surface area contributed by atoms with E-state index in [1.54, 1.807) is 6.20 Å². The first-order valence-electron chi connectivity index (χ1n) is 8.91. The van der Waals surface area contributed by atoms with Crippen molar-refractivity contribution in [2.24, 2.45) is 11.7 Å². The van der Waals surface area contributed by atoms with Gasteiger partial charge in [-0.3, -0.25) is 9.59 Å². The number of hydrogen-bond donors (Lipinski definition) is 4. The van der Waals surface area contributed by atoms with Gasteiger partial charge in [0.2, 0.25) is 11.8 Å². The number of nitrogens with two attached hydrogens (primary N) is 1. The zero-order valence-corrected chi connectivity index (χ0v) is 15.1. The van der Waals surface area contributed by atoms with Crippen molar-refractivity contribution in [2.75, 3.05) is 6.54 Å². The Balaban J connectivity index is 2.07. The van der Waals surface area contributed by atoms with Crippen molar-refractivity contribution in [1.82, 2.24) is 20.2 Å². The lowest BCUT2D eigenvalue weighted by Crippen LogP contribution is -2.57. The van der Waals surface area contributed by atoms with E-state index in [4.69, 9.17) is 5.73 Å². The molecule has 1 saturated heterocycles. The Morgan fingerprint density at radius 1 is 1.50 bits per heavy atom. The van der Waals surface area contributed by atoms with E-state index in [1.807, 2.05) is 13.8 Å². The minimum atomic E-state index is -1.01. The molecule has 9 nitrogen and oxygen atoms in total. The highest BCUT2D eigenvalue weighted by Crippen LogP contribution is 2.21. The van der Waals surface area contributed by atoms with Crippen LogP contribution in [0.15, 0.2) is 12.5 Å². The minimum absolute atomic E-state index is 0.138. The van der Waals surface area contributed by atoms with E-state index >= 15 is 0 Å². The lowest BCUT2D eigenvalue weighted by molar-refractivity contribution is -0.150. The molecule has 1 aliphatic rings. The molecule has 2 amide bonds. The van der Waals surface area contributed by atoms with Gasteiger partial charge in [0.15, 0.2) is 0 Å². The second-order valence-corrected chi connectivity index (χ2v) is 6.79. The third-order valence-electron chi connectivity index (χ3n) is 4.93. The number of carboxylic acid groups (broad SMARTS) is 1. The molecule has 0 saturated carbocycles. The van der Waals surface area contributed by atoms with Crippen molar-refractivity contribution < 1.29 is 19.5 Å². The molecule has 26 heavy (non-hydrogen) atoms. The van der Waals surface area contributed by atoms with Crippen LogP contribution >= 0.6 is 0 Å². The molecule has 0 radical (unpaired) electrons. The quantitative estimate of drug-likeness (QED) is 0.506. The number of rotatable bonds is 8. The summed E-state index contributed by atoms with van der Waals surface area (Å²) < 4.78 is 0. The van der Waals surface area contributed by atoms with Crippen molar-refractivity contribution in [1.29, 1.82) is 0 Å². The van der Waals surface area contributed by atoms with E-state index in [1.165, 1.54) is 11.2 Å². The van der Waals surface area contributed by atoms with Crippen LogP contribution in [0.4, 0.5) is 0 Å². The molecule has 0 spiro atoms. The van der Waals surface area contributed by atoms with Crippen LogP contribution in [-0.2, 0) is 20.8 Å². The predicted octanol–water partition coefficient (Wildman–Crippen LogP) is -0.114. The van der Waals surface area contributed by atoms with Crippen LogP contribution in [0, 0.1) is 5.92 Å². The molecule has 1 aliphatic heterocycles. The fraction of sp³-hybridized carbons (Fsp3) is 0.647. The molecule has 5 N–H and O–H groups in total. The molecule has 1 fully saturated rings. The van der Waals surface area contributed by atoms with Gasteiger partial charge in [0.1, 0.15) is 12.1 Å². The Morgan fingerprint density at radius 2 is 2.23 bits per heavy atom. The van der Waals surface area contributed by atoms with Gasteiger partial charge in [0.25, 0.3) is 0 Å². The molecular weight excluding hydrogens is 338 g/mol. The monoisotopic (exact) mass is 365 g/mol. The normalized spacial score (nSPS) is 20.4. The van der Waals surface area contributed by atoms with Crippen LogP contribution < -0.4 is 11.1 Å². The maximum atomic E-state index is 12.9. The summed E-state index contributed by atoms with van der Waals surface area (Å²) in [6.07, 6.45) is 5.11. The average molecular weight is 365 g/mol. The van der Waals surface area contributed by atoms with Crippen LogP contribution in [0.1, 0.15) is 38.8 Å². The summed E-state index contributed by atoms with van der Waals surface area (Å²) in [5, 5.41) is 12.0. The van der Waals surface area contributed by atoms with Gasteiger partial charge in [0, 0.05) is 24.9 Å². The fourth-order valence-electron chi connectivity index (χ4n) is 3.14. The van der Waals surface area contributed by atoms with Crippen molar-refractivity contribution in [3.05, 3.63) is 18.2 Å². The molecule has 2 rings (SSSR count). The smallest absolute Gasteiger partial charge is 0.326 e. The van der Waals surface area contributed by atoms with E-state index in [9.17, 15) is 19.5 Å². The van der Waals surface area contributed by atoms with Crippen LogP contribution in [-0.4, -0.2) is 62.4 Å². The summed E-state index contributed by atoms with van der Waals surface area (Å²) in [5.74, 6) is -1.95. The number of hydrogen-bond acceptors (Lipinski definition) is 5. The summed E-state index contributed by atoms with van der Waals surface area (Å²) in [7, 11) is 0. The third-order valence-corrected chi connectivity index (χ3v) is 4.93. The highest BCUT2D eigenvalue weighted by Gasteiger charge is 2.39. The topological polar surface area (TPSA) is 141 Å². The molecule has 0 aliphatic carbocycles. The first-order chi connectivity index (χ1) is 12.3. The Hall–Kier alpha value is -2.42. The highest BCUT2D eigenvalue weighted by atomic mass is 16.4. The zero-order chi connectivity index (χ0) is 19.3. The van der Waals surface area contributed by atoms with Crippen molar-refractivity contribution in [3.63, 3.8) is 0 Å². The number of carbonyl (C=O) groups is 3. The van der Waals surface area contributed by atoms with E-state index in [0.29, 0.717) is 25.8 Å². The van der Waals surface area contributed by atoms with Gasteiger partial charge < -0.3 is 26.0 Å². The van der Waals surface area contributed by atoms with Crippen molar-refractivity contribution in [2.45, 2.75) is 57.7 Å². The number of imidazole rings is 1. The lowest BCUT2D eigenvalue weighted by atomic mass is 9.96. The molecule has 1 aromatic heterocycles. The zero-order valence-electron chi connectivity index (χ0n) is 15.1. The average Bonchev–Trinajstić information content (AvgIpc) is 3.29. The molecule has 0 bridgehead atoms. The Bertz CT molecular complexity index is 633. The van der Waals surface area contributed by atoms with Gasteiger partial charge in [-0.25, -0.2) is 9.78 Å². The second kappa shape index (κ2) is 8.79. The molecule has 4 atom stereocenters. The van der Waals surface area contributed by atoms with Crippen LogP contribution in [0.2, 0.25) is 0 Å². The number of aliphatic carboxylic acids is 1. The highest BCUT2D eigenvalue weighted by molar-refractivity contribution is 5.92. The number of carboxylic acids is 1. The number of nitrogens with zero attached hydrogens (tertiary/aromatic N) is 2. The third kappa shape index (κ3) is 4.60. The van der Waals surface area contributed by atoms with E-state index < -0.39 is 30.0 Å². The maximum absolute atomic E-state index is 12.9. The SMILES string of the molecule is CCC(C)C(NC(=O)C(N)Cc1cnc[nH]1)C(=O)N1CCCC1C(=O)O. The van der Waals surface area contributed by atoms with E-state index in [-0.39, 0.29) is 18.2 Å². The Morgan fingerprint density at radius 3 is 2.81 bits per heavy atom. The van der Waals surface area contributed by atoms with E-state index in [0.717, 1.165) is 5.69 Å². The molecule has 1 aromatic rings. The van der Waals surface area contributed by atoms with Gasteiger partial charge in [-0.2, -0.15) is 0 Å². The van der Waals surface area contributed by atoms with Gasteiger partial charge in [-0.05, 0) is 18.8 Å². The lowest BCUT2D eigenvalue weighted by Gasteiger charge is -2.31. The first-order valence-corrected chi connectivity index (χ1v) is 8.91. The van der Waals surface area contributed by atoms with Gasteiger partial charge in [-0.1, -0.05) is 20.3 Å². The molecule has 144 valence electrons. The van der Waals surface area contributed by atoms with Crippen molar-refractivity contribution >= 4 is 17.8 Å². The molecule has 0 aromatic carbocycles. The second-order valence-electron chi connectivity index (χ2n) is 6.79. The Labute approximate surface area is 152 Å². The van der Waals surface area contributed by atoms with Gasteiger partial charge >= 0.3 is 5.97 Å². The largest absolute Gasteiger partial charge is 0.480 e. The summed E-state index contributed by atoms with van der Waals surface area (Å²) in [4.78, 5) is 44.9. The summed E-state index contributed by atoms with van der Waals surface area (Å²) in [6.45, 7) is 4.16. The first kappa shape index (κ1) is 19.9. The van der Waals surface area contributed by atoms with Crippen molar-refractivity contribution in [3.8, 4) is 0 Å². The number of carbonyl (C=O) groups excluding carboxylic acids is 2. The van der Waals surface area contributed by atoms with Crippen LogP contribution in [0.3, 0.4) is 0 Å². The minimum Gasteiger partial charge on any atom is -0.480 e. The van der Waals surface area contributed by atoms with Gasteiger partial charge in [0.05, 0.1) is 12.4 Å².